The molecule has 0 radical (unpaired) electrons. The zero-order valence-corrected chi connectivity index (χ0v) is 9.96. The first-order valence-corrected chi connectivity index (χ1v) is 6.40. The van der Waals surface area contributed by atoms with Crippen molar-refractivity contribution in [2.45, 2.75) is 32.4 Å². The van der Waals surface area contributed by atoms with Crippen molar-refractivity contribution in [2.75, 3.05) is 19.6 Å². The summed E-state index contributed by atoms with van der Waals surface area (Å²) in [5.74, 6) is 0. The van der Waals surface area contributed by atoms with Gasteiger partial charge in [0.05, 0.1) is 5.69 Å². The van der Waals surface area contributed by atoms with Crippen LogP contribution in [0.2, 0.25) is 0 Å². The average molecular weight is 226 g/mol. The fourth-order valence-corrected chi connectivity index (χ4v) is 2.41. The Morgan fingerprint density at radius 3 is 3.00 bits per heavy atom. The van der Waals surface area contributed by atoms with Gasteiger partial charge in [0.2, 0.25) is 0 Å². The van der Waals surface area contributed by atoms with Crippen molar-refractivity contribution >= 4 is 11.5 Å². The van der Waals surface area contributed by atoms with Crippen LogP contribution < -0.4 is 5.32 Å². The van der Waals surface area contributed by atoms with Crippen molar-refractivity contribution in [1.82, 2.24) is 19.8 Å². The number of rotatable bonds is 5. The minimum Gasteiger partial charge on any atom is -0.307 e. The van der Waals surface area contributed by atoms with E-state index in [2.05, 4.69) is 26.7 Å². The van der Waals surface area contributed by atoms with Gasteiger partial charge in [0.1, 0.15) is 0 Å². The first kappa shape index (κ1) is 11.0. The largest absolute Gasteiger partial charge is 0.307 e. The Balaban J connectivity index is 1.66. The highest BCUT2D eigenvalue weighted by molar-refractivity contribution is 7.03. The summed E-state index contributed by atoms with van der Waals surface area (Å²) in [6, 6.07) is 0.532. The molecule has 2 rings (SSSR count). The fraction of sp³-hybridized carbons (Fsp3) is 0.800. The van der Waals surface area contributed by atoms with E-state index in [1.165, 1.54) is 37.5 Å². The lowest BCUT2D eigenvalue weighted by molar-refractivity contribution is 0.298. The highest BCUT2D eigenvalue weighted by Gasteiger charge is 2.14. The summed E-state index contributed by atoms with van der Waals surface area (Å²) in [5.41, 5.74) is 1.05. The average Bonchev–Trinajstić information content (AvgIpc) is 2.86. The van der Waals surface area contributed by atoms with Gasteiger partial charge in [-0.3, -0.25) is 0 Å². The van der Waals surface area contributed by atoms with Gasteiger partial charge in [0, 0.05) is 24.5 Å². The van der Waals surface area contributed by atoms with Crippen LogP contribution in [0, 0.1) is 0 Å². The van der Waals surface area contributed by atoms with Crippen molar-refractivity contribution in [1.29, 1.82) is 0 Å². The maximum absolute atomic E-state index is 4.01. The smallest absolute Gasteiger partial charge is 0.0893 e. The van der Waals surface area contributed by atoms with E-state index in [9.17, 15) is 0 Å². The van der Waals surface area contributed by atoms with Gasteiger partial charge in [-0.2, -0.15) is 0 Å². The molecule has 0 amide bonds. The molecule has 1 atom stereocenters. The van der Waals surface area contributed by atoms with Crippen LogP contribution >= 0.6 is 11.5 Å². The molecule has 5 heteroatoms. The molecule has 1 N–H and O–H groups in total. The Hall–Kier alpha value is -0.520. The molecule has 0 saturated carbocycles. The lowest BCUT2D eigenvalue weighted by atomic mass is 10.3. The molecule has 0 aromatic carbocycles. The second-order valence-electron chi connectivity index (χ2n) is 4.19. The van der Waals surface area contributed by atoms with Gasteiger partial charge < -0.3 is 10.2 Å². The Morgan fingerprint density at radius 1 is 1.53 bits per heavy atom. The zero-order valence-electron chi connectivity index (χ0n) is 9.15. The molecule has 1 aliphatic rings. The maximum atomic E-state index is 4.01. The second kappa shape index (κ2) is 5.53. The predicted molar refractivity (Wildman–Crippen MR) is 61.9 cm³/mol. The topological polar surface area (TPSA) is 41.0 Å². The SMILES string of the molecule is CC(CN1CCCC1)NCc1csnn1. The highest BCUT2D eigenvalue weighted by Crippen LogP contribution is 2.07. The van der Waals surface area contributed by atoms with E-state index in [1.54, 1.807) is 0 Å². The van der Waals surface area contributed by atoms with E-state index in [-0.39, 0.29) is 0 Å². The second-order valence-corrected chi connectivity index (χ2v) is 4.80. The van der Waals surface area contributed by atoms with Crippen molar-refractivity contribution < 1.29 is 0 Å². The molecular weight excluding hydrogens is 208 g/mol. The van der Waals surface area contributed by atoms with Crippen molar-refractivity contribution in [3.05, 3.63) is 11.1 Å². The molecule has 1 fully saturated rings. The number of hydrogen-bond donors (Lipinski definition) is 1. The maximum Gasteiger partial charge on any atom is 0.0893 e. The Bertz CT molecular complexity index is 269. The fourth-order valence-electron chi connectivity index (χ4n) is 1.96. The van der Waals surface area contributed by atoms with Crippen molar-refractivity contribution in [3.63, 3.8) is 0 Å². The van der Waals surface area contributed by atoms with E-state index in [0.717, 1.165) is 18.8 Å². The Kier molecular flexibility index (Phi) is 4.05. The van der Waals surface area contributed by atoms with Crippen LogP contribution in [0.1, 0.15) is 25.5 Å². The highest BCUT2D eigenvalue weighted by atomic mass is 32.1. The van der Waals surface area contributed by atoms with Gasteiger partial charge in [-0.15, -0.1) is 5.10 Å². The summed E-state index contributed by atoms with van der Waals surface area (Å²) in [5, 5.41) is 9.48. The van der Waals surface area contributed by atoms with Gasteiger partial charge in [-0.25, -0.2) is 0 Å². The van der Waals surface area contributed by atoms with Gasteiger partial charge in [0.15, 0.2) is 0 Å². The normalized spacial score (nSPS) is 19.5. The van der Waals surface area contributed by atoms with Crippen LogP contribution in [0.25, 0.3) is 0 Å². The third-order valence-corrected chi connectivity index (χ3v) is 3.32. The van der Waals surface area contributed by atoms with E-state index >= 15 is 0 Å². The molecule has 1 aromatic heterocycles. The number of likely N-dealkylation sites (tertiary alicyclic amines) is 1. The van der Waals surface area contributed by atoms with Crippen LogP contribution in [0.3, 0.4) is 0 Å². The lowest BCUT2D eigenvalue weighted by Gasteiger charge is -2.20. The first-order chi connectivity index (χ1) is 7.34. The van der Waals surface area contributed by atoms with E-state index < -0.39 is 0 Å². The lowest BCUT2D eigenvalue weighted by Crippen LogP contribution is -2.37. The molecule has 1 aliphatic heterocycles. The molecule has 1 unspecified atom stereocenters. The summed E-state index contributed by atoms with van der Waals surface area (Å²) in [4.78, 5) is 2.52. The Labute approximate surface area is 94.8 Å². The minimum atomic E-state index is 0.532. The van der Waals surface area contributed by atoms with Gasteiger partial charge in [0.25, 0.3) is 0 Å². The third kappa shape index (κ3) is 3.52. The standard InChI is InChI=1S/C10H18N4S/c1-9(7-14-4-2-3-5-14)11-6-10-8-15-13-12-10/h8-9,11H,2-7H2,1H3. The molecule has 0 spiro atoms. The summed E-state index contributed by atoms with van der Waals surface area (Å²) >= 11 is 1.41. The van der Waals surface area contributed by atoms with Gasteiger partial charge in [-0.1, -0.05) is 4.49 Å². The van der Waals surface area contributed by atoms with Crippen LogP contribution in [0.4, 0.5) is 0 Å². The van der Waals surface area contributed by atoms with E-state index in [1.807, 2.05) is 5.38 Å². The third-order valence-electron chi connectivity index (χ3n) is 2.77. The van der Waals surface area contributed by atoms with Gasteiger partial charge >= 0.3 is 0 Å². The molecular formula is C10H18N4S. The zero-order chi connectivity index (χ0) is 10.5. The summed E-state index contributed by atoms with van der Waals surface area (Å²) < 4.78 is 3.84. The monoisotopic (exact) mass is 226 g/mol. The summed E-state index contributed by atoms with van der Waals surface area (Å²) in [7, 11) is 0. The molecule has 15 heavy (non-hydrogen) atoms. The minimum absolute atomic E-state index is 0.532. The molecule has 1 aromatic rings. The van der Waals surface area contributed by atoms with Crippen molar-refractivity contribution in [3.8, 4) is 0 Å². The van der Waals surface area contributed by atoms with Crippen molar-refractivity contribution in [2.24, 2.45) is 0 Å². The number of aromatic nitrogens is 2. The van der Waals surface area contributed by atoms with Crippen LogP contribution in [0.15, 0.2) is 5.38 Å². The van der Waals surface area contributed by atoms with E-state index in [0.29, 0.717) is 6.04 Å². The first-order valence-electron chi connectivity index (χ1n) is 5.56. The van der Waals surface area contributed by atoms with Crippen LogP contribution in [0.5, 0.6) is 0 Å². The number of hydrogen-bond acceptors (Lipinski definition) is 5. The summed E-state index contributed by atoms with van der Waals surface area (Å²) in [6.07, 6.45) is 2.73. The Morgan fingerprint density at radius 2 is 2.33 bits per heavy atom. The quantitative estimate of drug-likeness (QED) is 0.816. The predicted octanol–water partition coefficient (Wildman–Crippen LogP) is 1.11. The number of nitrogens with zero attached hydrogens (tertiary/aromatic N) is 3. The van der Waals surface area contributed by atoms with E-state index in [4.69, 9.17) is 0 Å². The molecule has 2 heterocycles. The summed E-state index contributed by atoms with van der Waals surface area (Å²) in [6.45, 7) is 6.76. The van der Waals surface area contributed by atoms with Gasteiger partial charge in [-0.05, 0) is 44.4 Å². The van der Waals surface area contributed by atoms with Crippen LogP contribution in [-0.2, 0) is 6.54 Å². The number of nitrogens with one attached hydrogen (secondary N) is 1. The molecule has 4 nitrogen and oxygen atoms in total. The molecule has 1 saturated heterocycles. The molecule has 0 bridgehead atoms. The van der Waals surface area contributed by atoms with Crippen LogP contribution in [-0.4, -0.2) is 40.2 Å². The molecule has 0 aliphatic carbocycles. The molecule has 84 valence electrons.